The van der Waals surface area contributed by atoms with Gasteiger partial charge in [0.1, 0.15) is 79.9 Å². The fourth-order valence-electron chi connectivity index (χ4n) is 12.2. The molecule has 0 atom stereocenters. The minimum absolute atomic E-state index is 0.229. The van der Waals surface area contributed by atoms with E-state index in [-0.39, 0.29) is 27.4 Å². The fraction of sp³-hybridized carbons (Fsp3) is 0.455. The Balaban J connectivity index is 1.22. The molecule has 10 rings (SSSR count). The molecule has 12 bridgehead atoms. The van der Waals surface area contributed by atoms with Crippen LogP contribution in [0.25, 0.3) is 0 Å². The van der Waals surface area contributed by atoms with Crippen molar-refractivity contribution < 1.29 is 33.5 Å². The average Bonchev–Trinajstić information content (AvgIpc) is 1.31. The van der Waals surface area contributed by atoms with E-state index in [1.54, 1.807) is 0 Å². The van der Waals surface area contributed by atoms with Crippen molar-refractivity contribution in [2.45, 2.75) is 150 Å². The number of nitrogens with one attached hydrogen (secondary N) is 3. The summed E-state index contributed by atoms with van der Waals surface area (Å²) >= 11 is 0. The van der Waals surface area contributed by atoms with Crippen LogP contribution in [0.4, 0.5) is 0 Å². The first-order chi connectivity index (χ1) is 42.0. The molecule has 468 valence electrons. The maximum Gasteiger partial charge on any atom is 0.126 e. The van der Waals surface area contributed by atoms with Crippen LogP contribution in [0.1, 0.15) is 167 Å². The monoisotopic (exact) mass is 1190 g/mol. The number of aromatic hydroxyl groups is 1. The van der Waals surface area contributed by atoms with Gasteiger partial charge in [-0.1, -0.05) is 186 Å². The Morgan fingerprint density at radius 3 is 0.830 bits per heavy atom. The number of ether oxygens (including phenoxy) is 6. The standard InChI is InChI=1S/C77H98N4O7/c1-74(2,3)63-41-55-37-57-43-64(75(4,5)6)45-59-39-61-47-66(77(10,11)12)48-62-40-60-46-65(76(7,8)9)44-58(38-56(42-63)70(55)82)72(60)87-35-32-84-68-23-17-14-20-53(68)50-79-26-29-81(28-25-78-49-52-19-13-16-22-67(52)83-31-34-86-71(57)59)30-27-80-51-54-21-15-18-24-69(54)85-33-36-88-73(61)62/h13-24,41-48,78-80,82H,25-40,49-51H2,1-12H3. The third-order valence-corrected chi connectivity index (χ3v) is 17.4. The van der Waals surface area contributed by atoms with Crippen LogP contribution >= 0.6 is 0 Å². The molecule has 11 nitrogen and oxygen atoms in total. The molecule has 0 spiro atoms. The molecule has 0 saturated carbocycles. The second-order valence-electron chi connectivity index (χ2n) is 28.5. The molecule has 7 aromatic carbocycles. The van der Waals surface area contributed by atoms with E-state index in [9.17, 15) is 5.11 Å². The Hall–Kier alpha value is -7.02. The molecular formula is C77H98N4O7. The SMILES string of the molecule is CC(C)(C)c1cc2c(O)c(c1)Cc1cc(C(C)(C)C)cc3c1OCCOc1ccccc1CNCCN1CCNCc4ccccc4OCCOc4c(cc(C(C)(C)C)cc4Cc4cc(C(C)(C)C)cc(c4OCCOc4ccccc4CNCC1)C3)C2. The summed E-state index contributed by atoms with van der Waals surface area (Å²) in [5.41, 5.74) is 15.0. The molecule has 0 saturated heterocycles. The third-order valence-electron chi connectivity index (χ3n) is 17.4. The van der Waals surface area contributed by atoms with Gasteiger partial charge in [-0.15, -0.1) is 0 Å². The second-order valence-corrected chi connectivity index (χ2v) is 28.5. The smallest absolute Gasteiger partial charge is 0.126 e. The lowest BCUT2D eigenvalue weighted by Crippen LogP contribution is -2.40. The molecule has 88 heavy (non-hydrogen) atoms. The summed E-state index contributed by atoms with van der Waals surface area (Å²) in [5.74, 6) is 5.22. The van der Waals surface area contributed by atoms with Crippen LogP contribution in [-0.4, -0.2) is 88.9 Å². The van der Waals surface area contributed by atoms with Crippen LogP contribution in [0.3, 0.4) is 0 Å². The lowest BCUT2D eigenvalue weighted by Gasteiger charge is -2.29. The third kappa shape index (κ3) is 16.2. The van der Waals surface area contributed by atoms with Crippen molar-refractivity contribution >= 4 is 0 Å². The van der Waals surface area contributed by atoms with Gasteiger partial charge in [0, 0.05) is 101 Å². The van der Waals surface area contributed by atoms with Gasteiger partial charge in [0.25, 0.3) is 0 Å². The van der Waals surface area contributed by atoms with Crippen LogP contribution < -0.4 is 44.4 Å². The summed E-state index contributed by atoms with van der Waals surface area (Å²) < 4.78 is 42.0. The van der Waals surface area contributed by atoms with E-state index in [1.165, 1.54) is 16.7 Å². The van der Waals surface area contributed by atoms with Crippen molar-refractivity contribution in [2.24, 2.45) is 0 Å². The molecule has 0 unspecified atom stereocenters. The Morgan fingerprint density at radius 1 is 0.318 bits per heavy atom. The Morgan fingerprint density at radius 2 is 0.557 bits per heavy atom. The zero-order chi connectivity index (χ0) is 62.2. The number of para-hydroxylation sites is 3. The number of phenols is 1. The quantitative estimate of drug-likeness (QED) is 0.116. The Bertz CT molecular complexity index is 3350. The van der Waals surface area contributed by atoms with E-state index < -0.39 is 0 Å². The molecule has 1 aliphatic carbocycles. The number of hydrogen-bond donors (Lipinski definition) is 4. The van der Waals surface area contributed by atoms with E-state index >= 15 is 0 Å². The number of nitrogens with zero attached hydrogens (tertiary/aromatic N) is 1. The van der Waals surface area contributed by atoms with Gasteiger partial charge in [0.05, 0.1) is 0 Å². The number of rotatable bonds is 0. The van der Waals surface area contributed by atoms with E-state index in [4.69, 9.17) is 28.4 Å². The second kappa shape index (κ2) is 27.8. The highest BCUT2D eigenvalue weighted by Gasteiger charge is 2.30. The topological polar surface area (TPSA) is 115 Å². The van der Waals surface area contributed by atoms with Gasteiger partial charge in [-0.2, -0.15) is 0 Å². The summed E-state index contributed by atoms with van der Waals surface area (Å²) in [6.07, 6.45) is 1.87. The molecule has 0 aromatic heterocycles. The van der Waals surface area contributed by atoms with Crippen molar-refractivity contribution in [3.63, 3.8) is 0 Å². The number of fused-ring (bicyclic) bond motifs is 11. The molecule has 2 heterocycles. The zero-order valence-electron chi connectivity index (χ0n) is 54.8. The van der Waals surface area contributed by atoms with Gasteiger partial charge in [-0.05, 0) is 107 Å². The van der Waals surface area contributed by atoms with Crippen molar-refractivity contribution in [1.29, 1.82) is 0 Å². The molecule has 0 fully saturated rings. The first kappa shape index (κ1) is 64.0. The van der Waals surface area contributed by atoms with Crippen molar-refractivity contribution in [3.8, 4) is 40.2 Å². The summed E-state index contributed by atoms with van der Waals surface area (Å²) in [4.78, 5) is 2.52. The van der Waals surface area contributed by atoms with E-state index in [2.05, 4.69) is 213 Å². The Labute approximate surface area is 525 Å². The predicted molar refractivity (Wildman–Crippen MR) is 357 cm³/mol. The van der Waals surface area contributed by atoms with Crippen LogP contribution in [0, 0.1) is 0 Å². The molecule has 7 aromatic rings. The number of phenolic OH excluding ortho intramolecular Hbond substituents is 1. The maximum atomic E-state index is 13.0. The number of hydrogen-bond acceptors (Lipinski definition) is 11. The Kier molecular flexibility index (Phi) is 20.2. The summed E-state index contributed by atoms with van der Waals surface area (Å²) in [7, 11) is 0. The van der Waals surface area contributed by atoms with Crippen LogP contribution in [-0.2, 0) is 67.0 Å². The molecular weight excluding hydrogens is 1090 g/mol. The lowest BCUT2D eigenvalue weighted by molar-refractivity contribution is 0.211. The average molecular weight is 1190 g/mol. The minimum Gasteiger partial charge on any atom is -0.507 e. The molecule has 3 aliphatic rings. The van der Waals surface area contributed by atoms with Gasteiger partial charge in [0.15, 0.2) is 0 Å². The molecule has 0 amide bonds. The minimum atomic E-state index is -0.235. The van der Waals surface area contributed by atoms with Crippen molar-refractivity contribution in [1.82, 2.24) is 20.9 Å². The predicted octanol–water partition coefficient (Wildman–Crippen LogP) is 14.2. The molecule has 2 aliphatic heterocycles. The fourth-order valence-corrected chi connectivity index (χ4v) is 12.2. The van der Waals surface area contributed by atoms with Crippen LogP contribution in [0.15, 0.2) is 121 Å². The maximum absolute atomic E-state index is 13.0. The van der Waals surface area contributed by atoms with Crippen LogP contribution in [0.5, 0.6) is 40.2 Å². The van der Waals surface area contributed by atoms with Gasteiger partial charge in [-0.3, -0.25) is 4.90 Å². The normalized spacial score (nSPS) is 16.6. The highest BCUT2D eigenvalue weighted by molar-refractivity contribution is 5.60. The van der Waals surface area contributed by atoms with E-state index in [1.807, 2.05) is 12.1 Å². The zero-order valence-corrected chi connectivity index (χ0v) is 54.8. The largest absolute Gasteiger partial charge is 0.507 e. The van der Waals surface area contributed by atoms with Gasteiger partial charge >= 0.3 is 0 Å². The van der Waals surface area contributed by atoms with Crippen molar-refractivity contribution in [3.05, 3.63) is 205 Å². The van der Waals surface area contributed by atoms with Gasteiger partial charge < -0.3 is 49.5 Å². The van der Waals surface area contributed by atoms with Gasteiger partial charge in [-0.25, -0.2) is 0 Å². The van der Waals surface area contributed by atoms with Crippen LogP contribution in [0.2, 0.25) is 0 Å². The first-order valence-corrected chi connectivity index (χ1v) is 32.2. The van der Waals surface area contributed by atoms with E-state index in [0.29, 0.717) is 85.0 Å². The highest BCUT2D eigenvalue weighted by atomic mass is 16.5. The summed E-state index contributed by atoms with van der Waals surface area (Å²) in [6.45, 7) is 36.2. The summed E-state index contributed by atoms with van der Waals surface area (Å²) in [6, 6.07) is 43.5. The summed E-state index contributed by atoms with van der Waals surface area (Å²) in [5, 5.41) is 24.3. The van der Waals surface area contributed by atoms with Crippen molar-refractivity contribution in [2.75, 3.05) is 78.9 Å². The molecule has 4 N–H and O–H groups in total. The molecule has 11 heteroatoms. The lowest BCUT2D eigenvalue weighted by atomic mass is 9.79. The van der Waals surface area contributed by atoms with E-state index in [0.717, 1.165) is 141 Å². The molecule has 0 radical (unpaired) electrons. The first-order valence-electron chi connectivity index (χ1n) is 32.2. The highest BCUT2D eigenvalue weighted by Crippen LogP contribution is 2.44. The number of benzene rings is 7. The van der Waals surface area contributed by atoms with Gasteiger partial charge in [0.2, 0.25) is 0 Å².